The number of hydrogen-bond donors (Lipinski definition) is 2. The summed E-state index contributed by atoms with van der Waals surface area (Å²) in [5, 5.41) is 0. The number of benzene rings is 1. The van der Waals surface area contributed by atoms with Crippen LogP contribution in [-0.4, -0.2) is 39.5 Å². The zero-order chi connectivity index (χ0) is 15.2. The van der Waals surface area contributed by atoms with Gasteiger partial charge in [-0.2, -0.15) is 0 Å². The van der Waals surface area contributed by atoms with Crippen molar-refractivity contribution in [1.29, 1.82) is 0 Å². The molecule has 0 saturated heterocycles. The lowest BCUT2D eigenvalue weighted by molar-refractivity contribution is 0.293. The third kappa shape index (κ3) is 4.77. The van der Waals surface area contributed by atoms with Gasteiger partial charge in [-0.05, 0) is 44.1 Å². The quantitative estimate of drug-likeness (QED) is 0.715. The van der Waals surface area contributed by atoms with E-state index in [1.54, 1.807) is 19.1 Å². The van der Waals surface area contributed by atoms with Crippen LogP contribution in [0.2, 0.25) is 0 Å². The molecule has 0 saturated carbocycles. The fourth-order valence-electron chi connectivity index (χ4n) is 2.07. The Morgan fingerprint density at radius 3 is 2.55 bits per heavy atom. The molecule has 6 heteroatoms. The first-order chi connectivity index (χ1) is 9.40. The third-order valence-corrected chi connectivity index (χ3v) is 4.81. The molecule has 0 unspecified atom stereocenters. The van der Waals surface area contributed by atoms with E-state index in [1.807, 2.05) is 0 Å². The van der Waals surface area contributed by atoms with Crippen LogP contribution in [0, 0.1) is 6.92 Å². The largest absolute Gasteiger partial charge is 0.399 e. The van der Waals surface area contributed by atoms with Crippen molar-refractivity contribution in [2.45, 2.75) is 32.1 Å². The SMILES string of the molecule is CCCN(CC)CCNS(=O)(=O)c1cc(N)ccc1C. The number of nitrogens with zero attached hydrogens (tertiary/aromatic N) is 1. The summed E-state index contributed by atoms with van der Waals surface area (Å²) in [6.07, 6.45) is 1.06. The lowest BCUT2D eigenvalue weighted by Gasteiger charge is -2.19. The van der Waals surface area contributed by atoms with Gasteiger partial charge in [0.05, 0.1) is 4.90 Å². The Kier molecular flexibility index (Phi) is 6.45. The van der Waals surface area contributed by atoms with E-state index in [4.69, 9.17) is 5.73 Å². The Balaban J connectivity index is 2.68. The number of sulfonamides is 1. The van der Waals surface area contributed by atoms with E-state index >= 15 is 0 Å². The van der Waals surface area contributed by atoms with Crippen LogP contribution in [0.15, 0.2) is 23.1 Å². The second kappa shape index (κ2) is 7.61. The minimum atomic E-state index is -3.49. The van der Waals surface area contributed by atoms with Gasteiger partial charge in [0.2, 0.25) is 10.0 Å². The Bertz CT molecular complexity index is 529. The molecule has 0 spiro atoms. The van der Waals surface area contributed by atoms with E-state index < -0.39 is 10.0 Å². The minimum absolute atomic E-state index is 0.260. The molecule has 0 bridgehead atoms. The van der Waals surface area contributed by atoms with Crippen molar-refractivity contribution in [3.8, 4) is 0 Å². The van der Waals surface area contributed by atoms with Crippen LogP contribution in [-0.2, 0) is 10.0 Å². The first kappa shape index (κ1) is 16.9. The Morgan fingerprint density at radius 1 is 1.25 bits per heavy atom. The molecule has 0 atom stereocenters. The molecule has 0 aliphatic rings. The smallest absolute Gasteiger partial charge is 0.240 e. The molecule has 114 valence electrons. The molecule has 5 nitrogen and oxygen atoms in total. The topological polar surface area (TPSA) is 75.4 Å². The average molecular weight is 299 g/mol. The highest BCUT2D eigenvalue weighted by Crippen LogP contribution is 2.17. The van der Waals surface area contributed by atoms with Gasteiger partial charge >= 0.3 is 0 Å². The van der Waals surface area contributed by atoms with E-state index in [-0.39, 0.29) is 4.90 Å². The van der Waals surface area contributed by atoms with Crippen molar-refractivity contribution in [2.24, 2.45) is 0 Å². The van der Waals surface area contributed by atoms with Crippen LogP contribution in [0.1, 0.15) is 25.8 Å². The summed E-state index contributed by atoms with van der Waals surface area (Å²) in [7, 11) is -3.49. The average Bonchev–Trinajstić information content (AvgIpc) is 2.40. The highest BCUT2D eigenvalue weighted by molar-refractivity contribution is 7.89. The molecule has 0 amide bonds. The second-order valence-corrected chi connectivity index (χ2v) is 6.59. The molecule has 20 heavy (non-hydrogen) atoms. The van der Waals surface area contributed by atoms with Crippen molar-refractivity contribution >= 4 is 15.7 Å². The van der Waals surface area contributed by atoms with Crippen LogP contribution in [0.3, 0.4) is 0 Å². The predicted octanol–water partition coefficient (Wildman–Crippen LogP) is 1.59. The maximum absolute atomic E-state index is 12.2. The molecule has 0 heterocycles. The van der Waals surface area contributed by atoms with Gasteiger partial charge in [-0.25, -0.2) is 13.1 Å². The lowest BCUT2D eigenvalue weighted by Crippen LogP contribution is -2.35. The first-order valence-corrected chi connectivity index (χ1v) is 8.47. The third-order valence-electron chi connectivity index (χ3n) is 3.21. The number of anilines is 1. The van der Waals surface area contributed by atoms with Crippen molar-refractivity contribution in [3.63, 3.8) is 0 Å². The molecule has 1 aromatic rings. The van der Waals surface area contributed by atoms with Crippen LogP contribution >= 0.6 is 0 Å². The molecule has 0 aromatic heterocycles. The Morgan fingerprint density at radius 2 is 1.95 bits per heavy atom. The number of rotatable bonds is 8. The van der Waals surface area contributed by atoms with Gasteiger partial charge in [0.25, 0.3) is 0 Å². The van der Waals surface area contributed by atoms with Gasteiger partial charge in [-0.1, -0.05) is 19.9 Å². The van der Waals surface area contributed by atoms with Crippen LogP contribution < -0.4 is 10.5 Å². The molecule has 0 radical (unpaired) electrons. The van der Waals surface area contributed by atoms with Gasteiger partial charge < -0.3 is 10.6 Å². The van der Waals surface area contributed by atoms with Crippen molar-refractivity contribution in [2.75, 3.05) is 31.9 Å². The zero-order valence-corrected chi connectivity index (χ0v) is 13.3. The molecule has 0 aliphatic carbocycles. The van der Waals surface area contributed by atoms with E-state index in [0.717, 1.165) is 19.5 Å². The zero-order valence-electron chi connectivity index (χ0n) is 12.5. The second-order valence-electron chi connectivity index (χ2n) is 4.86. The van der Waals surface area contributed by atoms with E-state index in [1.165, 1.54) is 6.07 Å². The number of nitrogen functional groups attached to an aromatic ring is 1. The lowest BCUT2D eigenvalue weighted by atomic mass is 10.2. The summed E-state index contributed by atoms with van der Waals surface area (Å²) >= 11 is 0. The normalized spacial score (nSPS) is 12.0. The highest BCUT2D eigenvalue weighted by Gasteiger charge is 2.16. The molecule has 0 fully saturated rings. The monoisotopic (exact) mass is 299 g/mol. The predicted molar refractivity (Wildman–Crippen MR) is 83.2 cm³/mol. The van der Waals surface area contributed by atoms with Crippen LogP contribution in [0.4, 0.5) is 5.69 Å². The fraction of sp³-hybridized carbons (Fsp3) is 0.571. The summed E-state index contributed by atoms with van der Waals surface area (Å²) < 4.78 is 27.1. The van der Waals surface area contributed by atoms with Crippen molar-refractivity contribution in [3.05, 3.63) is 23.8 Å². The maximum atomic E-state index is 12.2. The number of hydrogen-bond acceptors (Lipinski definition) is 4. The number of nitrogens with one attached hydrogen (secondary N) is 1. The van der Waals surface area contributed by atoms with Gasteiger partial charge in [0.15, 0.2) is 0 Å². The minimum Gasteiger partial charge on any atom is -0.399 e. The van der Waals surface area contributed by atoms with E-state index in [2.05, 4.69) is 23.5 Å². The van der Waals surface area contributed by atoms with E-state index in [9.17, 15) is 8.42 Å². The number of likely N-dealkylation sites (N-methyl/N-ethyl adjacent to an activating group) is 1. The van der Waals surface area contributed by atoms with Crippen LogP contribution in [0.5, 0.6) is 0 Å². The van der Waals surface area contributed by atoms with Gasteiger partial charge in [-0.3, -0.25) is 0 Å². The molecule has 1 aromatic carbocycles. The molecular weight excluding hydrogens is 274 g/mol. The summed E-state index contributed by atoms with van der Waals surface area (Å²) in [4.78, 5) is 2.48. The van der Waals surface area contributed by atoms with Crippen molar-refractivity contribution in [1.82, 2.24) is 9.62 Å². The fourth-order valence-corrected chi connectivity index (χ4v) is 3.36. The Hall–Kier alpha value is -1.11. The maximum Gasteiger partial charge on any atom is 0.240 e. The summed E-state index contributed by atoms with van der Waals surface area (Å²) in [5.74, 6) is 0. The number of nitrogens with two attached hydrogens (primary N) is 1. The van der Waals surface area contributed by atoms with Crippen LogP contribution in [0.25, 0.3) is 0 Å². The van der Waals surface area contributed by atoms with Crippen molar-refractivity contribution < 1.29 is 8.42 Å². The molecular formula is C14H25N3O2S. The molecule has 0 aliphatic heterocycles. The first-order valence-electron chi connectivity index (χ1n) is 6.98. The summed E-state index contributed by atoms with van der Waals surface area (Å²) in [5.41, 5.74) is 6.82. The standard InChI is InChI=1S/C14H25N3O2S/c1-4-9-17(5-2)10-8-16-20(18,19)14-11-13(15)7-6-12(14)3/h6-7,11,16H,4-5,8-10,15H2,1-3H3. The molecule has 3 N–H and O–H groups in total. The van der Waals surface area contributed by atoms with Gasteiger partial charge in [0.1, 0.15) is 0 Å². The molecule has 1 rings (SSSR count). The Labute approximate surface area is 122 Å². The number of aryl methyl sites for hydroxylation is 1. The van der Waals surface area contributed by atoms with Gasteiger partial charge in [0, 0.05) is 18.8 Å². The van der Waals surface area contributed by atoms with Gasteiger partial charge in [-0.15, -0.1) is 0 Å². The summed E-state index contributed by atoms with van der Waals surface area (Å²) in [6, 6.07) is 4.93. The highest BCUT2D eigenvalue weighted by atomic mass is 32.2. The van der Waals surface area contributed by atoms with E-state index in [0.29, 0.717) is 24.3 Å². The summed E-state index contributed by atoms with van der Waals surface area (Å²) in [6.45, 7) is 8.98.